The van der Waals surface area contributed by atoms with Gasteiger partial charge in [0, 0.05) is 16.5 Å². The van der Waals surface area contributed by atoms with E-state index >= 15 is 0 Å². The van der Waals surface area contributed by atoms with E-state index in [1.54, 1.807) is 30.0 Å². The van der Waals surface area contributed by atoms with Crippen LogP contribution in [0.3, 0.4) is 0 Å². The minimum Gasteiger partial charge on any atom is -0.481 e. The Morgan fingerprint density at radius 2 is 1.57 bits per heavy atom. The summed E-state index contributed by atoms with van der Waals surface area (Å²) in [6.07, 6.45) is 1.85. The molecule has 1 saturated carbocycles. The summed E-state index contributed by atoms with van der Waals surface area (Å²) in [4.78, 5) is 24.0. The number of hydrogen-bond donors (Lipinski definition) is 1. The Labute approximate surface area is 268 Å². The molecule has 1 saturated heterocycles. The molecule has 3 aromatic carbocycles. The number of carbonyl (C=O) groups excluding carboxylic acids is 1. The maximum atomic E-state index is 14.7. The quantitative estimate of drug-likeness (QED) is 0.264. The number of para-hydroxylation sites is 1. The van der Waals surface area contributed by atoms with Crippen molar-refractivity contribution in [2.75, 3.05) is 24.1 Å². The van der Waals surface area contributed by atoms with Crippen molar-refractivity contribution in [3.8, 4) is 0 Å². The average Bonchev–Trinajstić information content (AvgIpc) is 3.87. The van der Waals surface area contributed by atoms with Crippen molar-refractivity contribution in [1.82, 2.24) is 4.90 Å². The number of benzene rings is 3. The molecule has 5 rings (SSSR count). The lowest BCUT2D eigenvalue weighted by molar-refractivity contribution is -0.152. The first-order valence-electron chi connectivity index (χ1n) is 14.3. The summed E-state index contributed by atoms with van der Waals surface area (Å²) in [6.45, 7) is 3.69. The number of carbonyl (C=O) groups is 2. The van der Waals surface area contributed by atoms with Crippen LogP contribution in [0.1, 0.15) is 51.1 Å². The highest BCUT2D eigenvalue weighted by molar-refractivity contribution is 7.93. The van der Waals surface area contributed by atoms with Gasteiger partial charge in [-0.15, -0.1) is 0 Å². The predicted octanol–water partition coefficient (Wildman–Crippen LogP) is 6.98. The van der Waals surface area contributed by atoms with Gasteiger partial charge in [0.15, 0.2) is 0 Å². The number of morpholine rings is 1. The van der Waals surface area contributed by atoms with Gasteiger partial charge in [0.1, 0.15) is 12.4 Å². The van der Waals surface area contributed by atoms with Crippen molar-refractivity contribution in [3.63, 3.8) is 0 Å². The van der Waals surface area contributed by atoms with Crippen LogP contribution in [0, 0.1) is 5.82 Å². The highest BCUT2D eigenvalue weighted by Gasteiger charge is 2.43. The third kappa shape index (κ3) is 9.92. The highest BCUT2D eigenvalue weighted by Crippen LogP contribution is 2.36. The molecule has 44 heavy (non-hydrogen) atoms. The van der Waals surface area contributed by atoms with Crippen molar-refractivity contribution in [2.24, 2.45) is 0 Å². The van der Waals surface area contributed by atoms with Crippen molar-refractivity contribution < 1.29 is 32.2 Å². The van der Waals surface area contributed by atoms with Gasteiger partial charge >= 0.3 is 5.97 Å². The topological polar surface area (TPSA) is 104 Å². The van der Waals surface area contributed by atoms with Crippen LogP contribution in [0.25, 0.3) is 0 Å². The number of nitrogens with zero attached hydrogens (tertiary/aromatic N) is 2. The highest BCUT2D eigenvalue weighted by atomic mass is 35.5. The summed E-state index contributed by atoms with van der Waals surface area (Å²) in [7, 11) is -3.75. The van der Waals surface area contributed by atoms with Gasteiger partial charge in [0.05, 0.1) is 36.2 Å². The molecule has 238 valence electrons. The molecule has 1 amide bonds. The second kappa shape index (κ2) is 16.8. The first-order valence-corrected chi connectivity index (χ1v) is 16.6. The first-order chi connectivity index (χ1) is 21.0. The Hall–Kier alpha value is -3.18. The molecule has 0 bridgehead atoms. The van der Waals surface area contributed by atoms with E-state index in [2.05, 4.69) is 0 Å². The molecular formula is C32H37Cl2FN2O6S. The Morgan fingerprint density at radius 1 is 1.00 bits per heavy atom. The SMILES string of the molecule is CCC(=O)O.CC[C@@H](CN(c1ccccc1F)S(=O)(=O)C1CC1)N1C(=O)COC[C@H]1c1ccc(Cl)cc1.Clc1ccccc1. The number of ether oxygens (including phenoxy) is 1. The second-order valence-corrected chi connectivity index (χ2v) is 13.2. The van der Waals surface area contributed by atoms with E-state index in [9.17, 15) is 22.4 Å². The molecule has 0 spiro atoms. The summed E-state index contributed by atoms with van der Waals surface area (Å²) in [5.41, 5.74) is 0.866. The van der Waals surface area contributed by atoms with Crippen LogP contribution < -0.4 is 4.31 Å². The van der Waals surface area contributed by atoms with Crippen LogP contribution in [0.2, 0.25) is 10.0 Å². The Balaban J connectivity index is 0.000000369. The number of anilines is 1. The lowest BCUT2D eigenvalue weighted by Gasteiger charge is -2.42. The van der Waals surface area contributed by atoms with Crippen molar-refractivity contribution >= 4 is 50.8 Å². The van der Waals surface area contributed by atoms with E-state index in [4.69, 9.17) is 33.0 Å². The maximum Gasteiger partial charge on any atom is 0.303 e. The standard InChI is InChI=1S/C23H26ClFN2O4S.C6H5Cl.C3H6O2/c1-2-18(27-22(14-31-15-23(27)28)16-7-9-17(24)10-8-16)13-26(32(29,30)19-11-12-19)21-6-4-3-5-20(21)25;7-6-4-2-1-3-5-6;1-2-3(4)5/h3-10,18-19,22H,2,11-15H2,1H3;1-5H;2H2,1H3,(H,4,5)/t18-,22-;;/m0../s1. The molecule has 0 radical (unpaired) electrons. The molecule has 12 heteroatoms. The zero-order valence-corrected chi connectivity index (χ0v) is 26.9. The number of aliphatic carboxylic acids is 1. The summed E-state index contributed by atoms with van der Waals surface area (Å²) >= 11 is 11.6. The normalized spacial score (nSPS) is 17.0. The minimum absolute atomic E-state index is 0.0154. The van der Waals surface area contributed by atoms with Crippen molar-refractivity contribution in [3.05, 3.63) is 100 Å². The molecule has 8 nitrogen and oxygen atoms in total. The summed E-state index contributed by atoms with van der Waals surface area (Å²) in [5.74, 6) is -1.57. The van der Waals surface area contributed by atoms with Gasteiger partial charge in [-0.2, -0.15) is 0 Å². The molecule has 3 aromatic rings. The van der Waals surface area contributed by atoms with Crippen molar-refractivity contribution in [1.29, 1.82) is 0 Å². The second-order valence-electron chi connectivity index (χ2n) is 10.2. The predicted molar refractivity (Wildman–Crippen MR) is 171 cm³/mol. The van der Waals surface area contributed by atoms with Gasteiger partial charge in [-0.1, -0.05) is 79.5 Å². The van der Waals surface area contributed by atoms with Crippen LogP contribution in [0.5, 0.6) is 0 Å². The zero-order chi connectivity index (χ0) is 32.3. The Bertz CT molecular complexity index is 1470. The van der Waals surface area contributed by atoms with E-state index < -0.39 is 33.1 Å². The van der Waals surface area contributed by atoms with Gasteiger partial charge in [0.2, 0.25) is 15.9 Å². The fourth-order valence-electron chi connectivity index (χ4n) is 4.55. The number of carboxylic acid groups (broad SMARTS) is 1. The van der Waals surface area contributed by atoms with E-state index in [0.717, 1.165) is 14.9 Å². The fraction of sp³-hybridized carbons (Fsp3) is 0.375. The van der Waals surface area contributed by atoms with Crippen LogP contribution in [-0.4, -0.2) is 61.4 Å². The van der Waals surface area contributed by atoms with Gasteiger partial charge in [-0.25, -0.2) is 12.8 Å². The molecule has 0 aromatic heterocycles. The van der Waals surface area contributed by atoms with Crippen LogP contribution in [-0.2, 0) is 24.3 Å². The molecule has 1 aliphatic carbocycles. The van der Waals surface area contributed by atoms with Crippen molar-refractivity contribution in [2.45, 2.75) is 56.9 Å². The van der Waals surface area contributed by atoms with Crippen LogP contribution >= 0.6 is 23.2 Å². The minimum atomic E-state index is -3.75. The lowest BCUT2D eigenvalue weighted by Crippen LogP contribution is -2.54. The fourth-order valence-corrected chi connectivity index (χ4v) is 6.71. The average molecular weight is 668 g/mol. The number of sulfonamides is 1. The molecule has 0 unspecified atom stereocenters. The summed E-state index contributed by atoms with van der Waals surface area (Å²) < 4.78 is 47.9. The third-order valence-corrected chi connectivity index (χ3v) is 9.81. The van der Waals surface area contributed by atoms with Crippen LogP contribution in [0.4, 0.5) is 10.1 Å². The molecule has 1 aliphatic heterocycles. The Kier molecular flexibility index (Phi) is 13.5. The molecule has 2 aliphatic rings. The molecule has 2 atom stereocenters. The van der Waals surface area contributed by atoms with E-state index in [1.807, 2.05) is 49.4 Å². The smallest absolute Gasteiger partial charge is 0.303 e. The number of halogens is 3. The molecule has 1 heterocycles. The summed E-state index contributed by atoms with van der Waals surface area (Å²) in [5, 5.41) is 8.59. The zero-order valence-electron chi connectivity index (χ0n) is 24.6. The van der Waals surface area contributed by atoms with E-state index in [-0.39, 0.29) is 37.2 Å². The molecule has 2 fully saturated rings. The monoisotopic (exact) mass is 666 g/mol. The first kappa shape index (κ1) is 35.3. The van der Waals surface area contributed by atoms with Gasteiger partial charge in [0.25, 0.3) is 0 Å². The van der Waals surface area contributed by atoms with Crippen LogP contribution in [0.15, 0.2) is 78.9 Å². The van der Waals surface area contributed by atoms with E-state index in [0.29, 0.717) is 30.9 Å². The number of carboxylic acids is 1. The van der Waals surface area contributed by atoms with E-state index in [1.165, 1.54) is 18.2 Å². The largest absolute Gasteiger partial charge is 0.481 e. The molecular weight excluding hydrogens is 630 g/mol. The molecule has 1 N–H and O–H groups in total. The summed E-state index contributed by atoms with van der Waals surface area (Å²) in [6, 6.07) is 21.6. The number of hydrogen-bond acceptors (Lipinski definition) is 5. The third-order valence-electron chi connectivity index (χ3n) is 7.03. The maximum absolute atomic E-state index is 14.7. The number of rotatable bonds is 9. The van der Waals surface area contributed by atoms with Gasteiger partial charge in [-0.05, 0) is 61.2 Å². The van der Waals surface area contributed by atoms with Gasteiger partial charge < -0.3 is 14.7 Å². The number of amides is 1. The van der Waals surface area contributed by atoms with Gasteiger partial charge in [-0.3, -0.25) is 13.9 Å². The Morgan fingerprint density at radius 3 is 2.07 bits per heavy atom. The lowest BCUT2D eigenvalue weighted by atomic mass is 10.0.